The topological polar surface area (TPSA) is 56.8 Å². The van der Waals surface area contributed by atoms with Gasteiger partial charge in [-0.25, -0.2) is 4.79 Å². The van der Waals surface area contributed by atoms with Crippen molar-refractivity contribution in [3.8, 4) is 0 Å². The largest absolute Gasteiger partial charge is 0.460 e. The molecule has 0 saturated heterocycles. The molecule has 1 aliphatic carbocycles. The van der Waals surface area contributed by atoms with E-state index in [0.717, 1.165) is 63.9 Å². The number of carbonyl (C=O) groups excluding carboxylic acids is 1. The fraction of sp³-hybridized carbons (Fsp3) is 0.737. The van der Waals surface area contributed by atoms with E-state index in [4.69, 9.17) is 14.2 Å². The normalized spacial score (nSPS) is 16.5. The first-order valence-corrected chi connectivity index (χ1v) is 9.07. The van der Waals surface area contributed by atoms with Gasteiger partial charge in [0.25, 0.3) is 0 Å². The van der Waals surface area contributed by atoms with Gasteiger partial charge in [0.2, 0.25) is 0 Å². The summed E-state index contributed by atoms with van der Waals surface area (Å²) >= 11 is 0. The van der Waals surface area contributed by atoms with Crippen LogP contribution in [0.25, 0.3) is 0 Å². The predicted octanol–water partition coefficient (Wildman–Crippen LogP) is 3.36. The second-order valence-corrected chi connectivity index (χ2v) is 6.05. The molecule has 0 aromatic heterocycles. The van der Waals surface area contributed by atoms with Gasteiger partial charge < -0.3 is 19.5 Å². The van der Waals surface area contributed by atoms with Crippen molar-refractivity contribution in [1.29, 1.82) is 0 Å². The number of hydrogen-bond acceptors (Lipinski definition) is 5. The van der Waals surface area contributed by atoms with E-state index in [-0.39, 0.29) is 5.97 Å². The summed E-state index contributed by atoms with van der Waals surface area (Å²) in [6, 6.07) is 0. The third kappa shape index (κ3) is 8.50. The monoisotopic (exact) mass is 339 g/mol. The zero-order valence-electron chi connectivity index (χ0n) is 15.5. The van der Waals surface area contributed by atoms with Gasteiger partial charge in [-0.3, -0.25) is 0 Å². The summed E-state index contributed by atoms with van der Waals surface area (Å²) in [4.78, 5) is 12.1. The van der Waals surface area contributed by atoms with Crippen molar-refractivity contribution in [2.75, 3.05) is 40.1 Å². The molecule has 0 aliphatic heterocycles. The van der Waals surface area contributed by atoms with E-state index < -0.39 is 0 Å². The molecular formula is C19H33NO4. The number of ether oxygens (including phenoxy) is 3. The van der Waals surface area contributed by atoms with Gasteiger partial charge in [0.05, 0.1) is 6.61 Å². The molecular weight excluding hydrogens is 306 g/mol. The van der Waals surface area contributed by atoms with E-state index in [1.807, 2.05) is 6.92 Å². The highest BCUT2D eigenvalue weighted by Gasteiger charge is 2.15. The molecule has 1 rings (SSSR count). The first-order chi connectivity index (χ1) is 11.7. The highest BCUT2D eigenvalue weighted by atomic mass is 16.6. The van der Waals surface area contributed by atoms with Crippen LogP contribution in [0.4, 0.5) is 0 Å². The van der Waals surface area contributed by atoms with Crippen LogP contribution in [0.5, 0.6) is 0 Å². The molecule has 0 unspecified atom stereocenters. The second-order valence-electron chi connectivity index (χ2n) is 6.05. The number of rotatable bonds is 12. The first kappa shape index (κ1) is 20.7. The van der Waals surface area contributed by atoms with Crippen LogP contribution in [0.2, 0.25) is 0 Å². The molecule has 5 heteroatoms. The maximum atomic E-state index is 12.1. The standard InChI is InChI=1S/C19H33NO4/c1-4-5-12-23-13-14-24-19(21)16(2)17-8-6-9-18(15-17)20-10-7-11-22-3/h15,20H,4-14H2,1-3H3/b17-16-. The van der Waals surface area contributed by atoms with E-state index in [9.17, 15) is 4.79 Å². The van der Waals surface area contributed by atoms with Crippen molar-refractivity contribution in [3.05, 3.63) is 22.9 Å². The minimum absolute atomic E-state index is 0.235. The number of nitrogens with one attached hydrogen (secondary N) is 1. The fourth-order valence-electron chi connectivity index (χ4n) is 2.51. The van der Waals surface area contributed by atoms with Crippen LogP contribution in [0, 0.1) is 0 Å². The van der Waals surface area contributed by atoms with Crippen molar-refractivity contribution < 1.29 is 19.0 Å². The lowest BCUT2D eigenvalue weighted by molar-refractivity contribution is -0.140. The van der Waals surface area contributed by atoms with E-state index in [1.165, 1.54) is 5.70 Å². The molecule has 0 aromatic rings. The lowest BCUT2D eigenvalue weighted by atomic mass is 9.95. The van der Waals surface area contributed by atoms with Gasteiger partial charge >= 0.3 is 5.97 Å². The SMILES string of the molecule is CCCCOCCOC(=O)/C(C)=C1\C=C(NCCCOC)CCC1. The van der Waals surface area contributed by atoms with E-state index in [0.29, 0.717) is 18.8 Å². The quantitative estimate of drug-likeness (QED) is 0.336. The van der Waals surface area contributed by atoms with E-state index in [1.54, 1.807) is 7.11 Å². The molecule has 0 saturated carbocycles. The van der Waals surface area contributed by atoms with Crippen molar-refractivity contribution in [1.82, 2.24) is 5.32 Å². The van der Waals surface area contributed by atoms with Gasteiger partial charge in [-0.15, -0.1) is 0 Å². The van der Waals surface area contributed by atoms with Crippen molar-refractivity contribution >= 4 is 5.97 Å². The summed E-state index contributed by atoms with van der Waals surface area (Å²) in [5, 5.41) is 3.43. The minimum atomic E-state index is -0.235. The van der Waals surface area contributed by atoms with Crippen LogP contribution in [-0.2, 0) is 19.0 Å². The number of carbonyl (C=O) groups is 1. The molecule has 0 radical (unpaired) electrons. The molecule has 5 nitrogen and oxygen atoms in total. The summed E-state index contributed by atoms with van der Waals surface area (Å²) < 4.78 is 15.8. The predicted molar refractivity (Wildman–Crippen MR) is 95.8 cm³/mol. The van der Waals surface area contributed by atoms with Crippen LogP contribution in [0.15, 0.2) is 22.9 Å². The lowest BCUT2D eigenvalue weighted by Crippen LogP contribution is -2.19. The van der Waals surface area contributed by atoms with Gasteiger partial charge in [-0.1, -0.05) is 13.3 Å². The average molecular weight is 339 g/mol. The van der Waals surface area contributed by atoms with Crippen molar-refractivity contribution in [2.45, 2.75) is 52.4 Å². The summed E-state index contributed by atoms with van der Waals surface area (Å²) in [6.45, 7) is 7.14. The molecule has 0 heterocycles. The second kappa shape index (κ2) is 13.0. The molecule has 24 heavy (non-hydrogen) atoms. The molecule has 0 amide bonds. The zero-order valence-corrected chi connectivity index (χ0v) is 15.5. The molecule has 0 atom stereocenters. The van der Waals surface area contributed by atoms with Gasteiger partial charge in [-0.2, -0.15) is 0 Å². The molecule has 0 bridgehead atoms. The van der Waals surface area contributed by atoms with E-state index in [2.05, 4.69) is 18.3 Å². The van der Waals surface area contributed by atoms with Gasteiger partial charge in [0.1, 0.15) is 6.61 Å². The average Bonchev–Trinajstić information content (AvgIpc) is 2.61. The molecule has 1 N–H and O–H groups in total. The molecule has 0 fully saturated rings. The maximum Gasteiger partial charge on any atom is 0.334 e. The lowest BCUT2D eigenvalue weighted by Gasteiger charge is -2.18. The highest BCUT2D eigenvalue weighted by Crippen LogP contribution is 2.24. The molecule has 138 valence electrons. The van der Waals surface area contributed by atoms with Crippen molar-refractivity contribution in [2.24, 2.45) is 0 Å². The van der Waals surface area contributed by atoms with Crippen LogP contribution in [0.1, 0.15) is 52.4 Å². The molecule has 0 spiro atoms. The molecule has 1 aliphatic rings. The summed E-state index contributed by atoms with van der Waals surface area (Å²) in [6.07, 6.45) is 8.25. The van der Waals surface area contributed by atoms with Crippen LogP contribution < -0.4 is 5.32 Å². The smallest absolute Gasteiger partial charge is 0.334 e. The summed E-state index contributed by atoms with van der Waals surface area (Å²) in [5.74, 6) is -0.235. The Morgan fingerprint density at radius 1 is 1.17 bits per heavy atom. The maximum absolute atomic E-state index is 12.1. The number of esters is 1. The highest BCUT2D eigenvalue weighted by molar-refractivity contribution is 5.89. The van der Waals surface area contributed by atoms with Gasteiger partial charge in [0.15, 0.2) is 0 Å². The Bertz CT molecular complexity index is 429. The van der Waals surface area contributed by atoms with Crippen LogP contribution in [0.3, 0.4) is 0 Å². The third-order valence-corrected chi connectivity index (χ3v) is 4.01. The Morgan fingerprint density at radius 3 is 2.75 bits per heavy atom. The third-order valence-electron chi connectivity index (χ3n) is 4.01. The number of methoxy groups -OCH3 is 1. The van der Waals surface area contributed by atoms with Gasteiger partial charge in [0, 0.05) is 38.1 Å². The van der Waals surface area contributed by atoms with Gasteiger partial charge in [-0.05, 0) is 50.7 Å². The Balaban J connectivity index is 2.40. The first-order valence-electron chi connectivity index (χ1n) is 9.07. The Kier molecular flexibility index (Phi) is 11.2. The number of hydrogen-bond donors (Lipinski definition) is 1. The minimum Gasteiger partial charge on any atom is -0.460 e. The van der Waals surface area contributed by atoms with Crippen LogP contribution >= 0.6 is 0 Å². The fourth-order valence-corrected chi connectivity index (χ4v) is 2.51. The Hall–Kier alpha value is -1.33. The summed E-state index contributed by atoms with van der Waals surface area (Å²) in [5.41, 5.74) is 2.98. The van der Waals surface area contributed by atoms with Crippen molar-refractivity contribution in [3.63, 3.8) is 0 Å². The van der Waals surface area contributed by atoms with E-state index >= 15 is 0 Å². The number of unbranched alkanes of at least 4 members (excludes halogenated alkanes) is 1. The zero-order chi connectivity index (χ0) is 17.6. The Labute approximate surface area is 146 Å². The number of allylic oxidation sites excluding steroid dienone is 3. The Morgan fingerprint density at radius 2 is 2.00 bits per heavy atom. The van der Waals surface area contributed by atoms with Crippen LogP contribution in [-0.4, -0.2) is 46.1 Å². The summed E-state index contributed by atoms with van der Waals surface area (Å²) in [7, 11) is 1.71. The molecule has 0 aromatic carbocycles.